The highest BCUT2D eigenvalue weighted by Crippen LogP contribution is 2.14. The van der Waals surface area contributed by atoms with Crippen LogP contribution in [0.4, 0.5) is 10.5 Å². The minimum Gasteiger partial charge on any atom is -0.450 e. The first kappa shape index (κ1) is 20.5. The highest BCUT2D eigenvalue weighted by molar-refractivity contribution is 5.80. The number of nitro groups is 1. The summed E-state index contributed by atoms with van der Waals surface area (Å²) >= 11 is 0. The van der Waals surface area contributed by atoms with Crippen molar-refractivity contribution < 1.29 is 14.5 Å². The monoisotopic (exact) mass is 377 g/mol. The van der Waals surface area contributed by atoms with Crippen molar-refractivity contribution in [3.63, 3.8) is 0 Å². The number of benzene rings is 1. The summed E-state index contributed by atoms with van der Waals surface area (Å²) in [5.41, 5.74) is 0.838. The van der Waals surface area contributed by atoms with Crippen molar-refractivity contribution >= 4 is 17.7 Å². The SMILES string of the molecule is CCNC(=NCc1cccc([N+](=O)[O-])c1)NC1CCN(C(=O)OCC)CC1. The lowest BCUT2D eigenvalue weighted by atomic mass is 10.1. The molecule has 1 aliphatic heterocycles. The van der Waals surface area contributed by atoms with Crippen LogP contribution in [0.5, 0.6) is 0 Å². The first-order valence-electron chi connectivity index (χ1n) is 9.23. The standard InChI is InChI=1S/C18H27N5O4/c1-3-19-17(20-13-14-6-5-7-16(12-14)23(25)26)21-15-8-10-22(11-9-15)18(24)27-4-2/h5-7,12,15H,3-4,8-11,13H2,1-2H3,(H2,19,20,21). The summed E-state index contributed by atoms with van der Waals surface area (Å²) in [5, 5.41) is 17.5. The van der Waals surface area contributed by atoms with E-state index in [-0.39, 0.29) is 17.8 Å². The van der Waals surface area contributed by atoms with Crippen LogP contribution in [0.25, 0.3) is 0 Å². The quantitative estimate of drug-likeness (QED) is 0.341. The molecule has 0 aromatic heterocycles. The zero-order valence-corrected chi connectivity index (χ0v) is 15.8. The molecule has 0 saturated carbocycles. The molecule has 9 nitrogen and oxygen atoms in total. The number of likely N-dealkylation sites (tertiary alicyclic amines) is 1. The highest BCUT2D eigenvalue weighted by Gasteiger charge is 2.24. The van der Waals surface area contributed by atoms with Crippen molar-refractivity contribution in [2.24, 2.45) is 4.99 Å². The van der Waals surface area contributed by atoms with Crippen LogP contribution in [0.1, 0.15) is 32.3 Å². The van der Waals surface area contributed by atoms with E-state index in [1.54, 1.807) is 17.9 Å². The van der Waals surface area contributed by atoms with Gasteiger partial charge in [0.05, 0.1) is 18.1 Å². The van der Waals surface area contributed by atoms with Gasteiger partial charge in [-0.1, -0.05) is 12.1 Å². The molecule has 27 heavy (non-hydrogen) atoms. The van der Waals surface area contributed by atoms with Gasteiger partial charge >= 0.3 is 6.09 Å². The Kier molecular flexibility index (Phi) is 7.84. The van der Waals surface area contributed by atoms with Gasteiger partial charge in [-0.3, -0.25) is 10.1 Å². The normalized spacial score (nSPS) is 15.3. The van der Waals surface area contributed by atoms with Crippen LogP contribution in [-0.2, 0) is 11.3 Å². The lowest BCUT2D eigenvalue weighted by Gasteiger charge is -2.32. The molecule has 1 heterocycles. The molecule has 1 aromatic rings. The molecule has 2 N–H and O–H groups in total. The van der Waals surface area contributed by atoms with Crippen LogP contribution in [0.3, 0.4) is 0 Å². The first-order chi connectivity index (χ1) is 13.0. The second-order valence-corrected chi connectivity index (χ2v) is 6.23. The van der Waals surface area contributed by atoms with E-state index in [4.69, 9.17) is 4.74 Å². The van der Waals surface area contributed by atoms with Gasteiger partial charge in [-0.2, -0.15) is 0 Å². The third-order valence-electron chi connectivity index (χ3n) is 4.25. The molecular formula is C18H27N5O4. The number of aliphatic imine (C=N–C) groups is 1. The molecule has 148 valence electrons. The van der Waals surface area contributed by atoms with Crippen LogP contribution in [-0.4, -0.2) is 54.2 Å². The Labute approximate surface area is 158 Å². The van der Waals surface area contributed by atoms with Crippen LogP contribution < -0.4 is 10.6 Å². The molecule has 0 spiro atoms. The number of hydrogen-bond donors (Lipinski definition) is 2. The molecule has 2 rings (SSSR count). The lowest BCUT2D eigenvalue weighted by Crippen LogP contribution is -2.49. The summed E-state index contributed by atoms with van der Waals surface area (Å²) in [5.74, 6) is 0.665. The van der Waals surface area contributed by atoms with E-state index in [0.717, 1.165) is 18.4 Å². The van der Waals surface area contributed by atoms with Gasteiger partial charge in [-0.25, -0.2) is 9.79 Å². The molecule has 1 aromatic carbocycles. The number of guanidine groups is 1. The number of piperidine rings is 1. The number of nitro benzene ring substituents is 1. The smallest absolute Gasteiger partial charge is 0.409 e. The largest absolute Gasteiger partial charge is 0.450 e. The van der Waals surface area contributed by atoms with Crippen molar-refractivity contribution in [2.75, 3.05) is 26.2 Å². The molecule has 0 unspecified atom stereocenters. The zero-order chi connectivity index (χ0) is 19.6. The molecule has 1 aliphatic rings. The Morgan fingerprint density at radius 2 is 2.11 bits per heavy atom. The maximum Gasteiger partial charge on any atom is 0.409 e. The third-order valence-corrected chi connectivity index (χ3v) is 4.25. The molecule has 1 amide bonds. The second kappa shape index (κ2) is 10.3. The van der Waals surface area contributed by atoms with Crippen molar-refractivity contribution in [3.8, 4) is 0 Å². The van der Waals surface area contributed by atoms with Crippen LogP contribution in [0.2, 0.25) is 0 Å². The molecule has 0 radical (unpaired) electrons. The Hall–Kier alpha value is -2.84. The zero-order valence-electron chi connectivity index (χ0n) is 15.8. The Morgan fingerprint density at radius 1 is 1.37 bits per heavy atom. The van der Waals surface area contributed by atoms with Gasteiger partial charge in [-0.15, -0.1) is 0 Å². The van der Waals surface area contributed by atoms with Crippen molar-refractivity contribution in [2.45, 2.75) is 39.3 Å². The fourth-order valence-corrected chi connectivity index (χ4v) is 2.87. The predicted molar refractivity (Wildman–Crippen MR) is 103 cm³/mol. The number of nitrogens with one attached hydrogen (secondary N) is 2. The average Bonchev–Trinajstić information content (AvgIpc) is 2.67. The third kappa shape index (κ3) is 6.43. The Morgan fingerprint density at radius 3 is 2.74 bits per heavy atom. The van der Waals surface area contributed by atoms with E-state index in [0.29, 0.717) is 38.7 Å². The lowest BCUT2D eigenvalue weighted by molar-refractivity contribution is -0.384. The van der Waals surface area contributed by atoms with Gasteiger partial charge in [0.15, 0.2) is 5.96 Å². The fourth-order valence-electron chi connectivity index (χ4n) is 2.87. The summed E-state index contributed by atoms with van der Waals surface area (Å²) in [6.45, 7) is 6.50. The van der Waals surface area contributed by atoms with E-state index in [2.05, 4.69) is 15.6 Å². The molecular weight excluding hydrogens is 350 g/mol. The predicted octanol–water partition coefficient (Wildman–Crippen LogP) is 2.27. The number of carbonyl (C=O) groups excluding carboxylic acids is 1. The number of hydrogen-bond acceptors (Lipinski definition) is 5. The minimum absolute atomic E-state index is 0.0620. The van der Waals surface area contributed by atoms with Crippen molar-refractivity contribution in [1.82, 2.24) is 15.5 Å². The van der Waals surface area contributed by atoms with Crippen molar-refractivity contribution in [3.05, 3.63) is 39.9 Å². The number of amides is 1. The number of ether oxygens (including phenoxy) is 1. The fraction of sp³-hybridized carbons (Fsp3) is 0.556. The average molecular weight is 377 g/mol. The summed E-state index contributed by atoms with van der Waals surface area (Å²) in [6.07, 6.45) is 1.35. The van der Waals surface area contributed by atoms with Gasteiger partial charge in [0.1, 0.15) is 0 Å². The molecule has 1 saturated heterocycles. The van der Waals surface area contributed by atoms with Gasteiger partial charge in [0, 0.05) is 37.8 Å². The summed E-state index contributed by atoms with van der Waals surface area (Å²) in [7, 11) is 0. The first-order valence-corrected chi connectivity index (χ1v) is 9.23. The van der Waals surface area contributed by atoms with Gasteiger partial charge in [-0.05, 0) is 32.3 Å². The van der Waals surface area contributed by atoms with E-state index in [9.17, 15) is 14.9 Å². The van der Waals surface area contributed by atoms with Gasteiger partial charge in [0.2, 0.25) is 0 Å². The number of carbonyl (C=O) groups is 1. The number of nitrogens with zero attached hydrogens (tertiary/aromatic N) is 3. The van der Waals surface area contributed by atoms with E-state index < -0.39 is 4.92 Å². The maximum absolute atomic E-state index is 11.8. The van der Waals surface area contributed by atoms with Crippen LogP contribution in [0.15, 0.2) is 29.3 Å². The summed E-state index contributed by atoms with van der Waals surface area (Å²) < 4.78 is 5.03. The van der Waals surface area contributed by atoms with Crippen LogP contribution >= 0.6 is 0 Å². The van der Waals surface area contributed by atoms with E-state index in [1.165, 1.54) is 12.1 Å². The maximum atomic E-state index is 11.8. The highest BCUT2D eigenvalue weighted by atomic mass is 16.6. The Balaban J connectivity index is 1.92. The molecule has 9 heteroatoms. The number of rotatable bonds is 6. The minimum atomic E-state index is -0.409. The van der Waals surface area contributed by atoms with E-state index >= 15 is 0 Å². The molecule has 0 bridgehead atoms. The molecule has 0 aliphatic carbocycles. The van der Waals surface area contributed by atoms with Crippen molar-refractivity contribution in [1.29, 1.82) is 0 Å². The summed E-state index contributed by atoms with van der Waals surface area (Å²) in [6, 6.07) is 6.68. The Bertz CT molecular complexity index is 671. The van der Waals surface area contributed by atoms with E-state index in [1.807, 2.05) is 13.0 Å². The van der Waals surface area contributed by atoms with Crippen LogP contribution in [0, 0.1) is 10.1 Å². The topological polar surface area (TPSA) is 109 Å². The second-order valence-electron chi connectivity index (χ2n) is 6.23. The molecule has 1 fully saturated rings. The van der Waals surface area contributed by atoms with Gasteiger partial charge < -0.3 is 20.3 Å². The molecule has 0 atom stereocenters. The summed E-state index contributed by atoms with van der Waals surface area (Å²) in [4.78, 5) is 28.5. The number of non-ortho nitro benzene ring substituents is 1. The van der Waals surface area contributed by atoms with Gasteiger partial charge in [0.25, 0.3) is 5.69 Å².